The van der Waals surface area contributed by atoms with Crippen LogP contribution in [0.25, 0.3) is 0 Å². The highest BCUT2D eigenvalue weighted by Gasteiger charge is 2.27. The van der Waals surface area contributed by atoms with Crippen LogP contribution in [-0.4, -0.2) is 53.1 Å². The third-order valence-corrected chi connectivity index (χ3v) is 4.46. The standard InChI is InChI=1S/C15H19NO4.C5H10N2O/c1-9(2)16(10(3)4)14(18)13(17)11-5-7-12(8-6-11)15(19)20;6-5(8)4-2-1-3-7-4/h5-10H,1-4H3,(H,19,20);4,7H,1-3H2,(H2,6,8)/t;4-/m.0/s1. The number of ketones is 1. The van der Waals surface area contributed by atoms with Crippen molar-refractivity contribution in [3.05, 3.63) is 35.4 Å². The number of nitrogens with two attached hydrogens (primary N) is 2. The quantitative estimate of drug-likeness (QED) is 0.477. The van der Waals surface area contributed by atoms with Gasteiger partial charge in [-0.2, -0.15) is 0 Å². The van der Waals surface area contributed by atoms with Crippen molar-refractivity contribution in [3.63, 3.8) is 0 Å². The third-order valence-electron chi connectivity index (χ3n) is 4.46. The van der Waals surface area contributed by atoms with Crippen LogP contribution >= 0.6 is 0 Å². The minimum absolute atomic E-state index is 0.0291. The molecule has 0 saturated carbocycles. The van der Waals surface area contributed by atoms with E-state index in [1.165, 1.54) is 29.2 Å². The van der Waals surface area contributed by atoms with Gasteiger partial charge in [-0.25, -0.2) is 0 Å². The van der Waals surface area contributed by atoms with E-state index in [2.05, 4.69) is 0 Å². The second-order valence-electron chi connectivity index (χ2n) is 7.27. The van der Waals surface area contributed by atoms with Crippen molar-refractivity contribution in [1.82, 2.24) is 4.90 Å². The molecule has 8 heteroatoms. The fraction of sp³-hybridized carbons (Fsp3) is 0.500. The van der Waals surface area contributed by atoms with Crippen LogP contribution in [0.2, 0.25) is 0 Å². The molecule has 1 aliphatic heterocycles. The summed E-state index contributed by atoms with van der Waals surface area (Å²) in [5.41, 5.74) is 5.17. The molecule has 8 nitrogen and oxygen atoms in total. The van der Waals surface area contributed by atoms with Gasteiger partial charge in [0.25, 0.3) is 11.8 Å². The van der Waals surface area contributed by atoms with Gasteiger partial charge in [0.2, 0.25) is 5.78 Å². The molecule has 28 heavy (non-hydrogen) atoms. The molecular weight excluding hydrogens is 362 g/mol. The van der Waals surface area contributed by atoms with E-state index >= 15 is 0 Å². The summed E-state index contributed by atoms with van der Waals surface area (Å²) >= 11 is 0. The molecule has 1 heterocycles. The van der Waals surface area contributed by atoms with Crippen molar-refractivity contribution < 1.29 is 29.6 Å². The zero-order valence-electron chi connectivity index (χ0n) is 16.8. The summed E-state index contributed by atoms with van der Waals surface area (Å²) < 4.78 is 0. The first-order chi connectivity index (χ1) is 13.1. The molecule has 154 valence electrons. The van der Waals surface area contributed by atoms with Crippen molar-refractivity contribution in [2.45, 2.75) is 58.7 Å². The first-order valence-corrected chi connectivity index (χ1v) is 9.37. The summed E-state index contributed by atoms with van der Waals surface area (Å²) in [4.78, 5) is 46.8. The van der Waals surface area contributed by atoms with Gasteiger partial charge in [-0.15, -0.1) is 0 Å². The van der Waals surface area contributed by atoms with Gasteiger partial charge in [-0.05, 0) is 33.3 Å². The van der Waals surface area contributed by atoms with Crippen LogP contribution in [0.5, 0.6) is 0 Å². The predicted octanol–water partition coefficient (Wildman–Crippen LogP) is -0.924. The van der Waals surface area contributed by atoms with E-state index in [1.54, 1.807) is 0 Å². The molecule has 1 atom stereocenters. The van der Waals surface area contributed by atoms with Gasteiger partial charge in [0, 0.05) is 30.5 Å². The Morgan fingerprint density at radius 2 is 1.54 bits per heavy atom. The van der Waals surface area contributed by atoms with Crippen molar-refractivity contribution in [3.8, 4) is 0 Å². The lowest BCUT2D eigenvalue weighted by molar-refractivity contribution is -0.657. The van der Waals surface area contributed by atoms with Crippen LogP contribution in [-0.2, 0) is 9.59 Å². The van der Waals surface area contributed by atoms with E-state index in [9.17, 15) is 24.3 Å². The number of amides is 2. The number of carboxylic acid groups (broad SMARTS) is 1. The molecule has 1 aliphatic rings. The molecule has 2 rings (SSSR count). The Bertz CT molecular complexity index is 699. The fourth-order valence-corrected chi connectivity index (χ4v) is 3.10. The number of hydrogen-bond acceptors (Lipinski definition) is 5. The third kappa shape index (κ3) is 6.45. The number of quaternary nitrogens is 1. The maximum atomic E-state index is 12.2. The largest absolute Gasteiger partial charge is 0.545 e. The number of hydrogen-bond donors (Lipinski definition) is 2. The Labute approximate surface area is 165 Å². The molecule has 1 saturated heterocycles. The molecule has 2 amide bonds. The topological polar surface area (TPSA) is 137 Å². The smallest absolute Gasteiger partial charge is 0.295 e. The second kappa shape index (κ2) is 10.6. The SMILES string of the molecule is CC(C)N(C(=O)C(=O)c1ccc(C(=O)[O-])cc1)C(C)C.NC(=O)[C@@H]1CCC[NH2+]1. The highest BCUT2D eigenvalue weighted by molar-refractivity contribution is 6.42. The Balaban J connectivity index is 0.000000406. The number of carbonyl (C=O) groups is 4. The number of Topliss-reactive ketones (excluding diaryl/α,β-unsaturated/α-hetero) is 1. The number of carbonyl (C=O) groups excluding carboxylic acids is 4. The maximum Gasteiger partial charge on any atom is 0.295 e. The van der Waals surface area contributed by atoms with Gasteiger partial charge >= 0.3 is 0 Å². The second-order valence-corrected chi connectivity index (χ2v) is 7.27. The molecule has 0 bridgehead atoms. The molecule has 1 fully saturated rings. The zero-order chi connectivity index (χ0) is 21.4. The van der Waals surface area contributed by atoms with Crippen LogP contribution in [0, 0.1) is 0 Å². The molecule has 0 unspecified atom stereocenters. The van der Waals surface area contributed by atoms with Crippen LogP contribution in [0.3, 0.4) is 0 Å². The average Bonchev–Trinajstić information content (AvgIpc) is 3.16. The van der Waals surface area contributed by atoms with Crippen LogP contribution in [0.1, 0.15) is 61.3 Å². The Kier molecular flexibility index (Phi) is 8.78. The number of nitrogens with zero attached hydrogens (tertiary/aromatic N) is 1. The molecule has 0 aliphatic carbocycles. The van der Waals surface area contributed by atoms with Crippen LogP contribution < -0.4 is 16.2 Å². The summed E-state index contributed by atoms with van der Waals surface area (Å²) in [6, 6.07) is 5.06. The zero-order valence-corrected chi connectivity index (χ0v) is 16.8. The summed E-state index contributed by atoms with van der Waals surface area (Å²) in [7, 11) is 0. The van der Waals surface area contributed by atoms with Crippen molar-refractivity contribution >= 4 is 23.6 Å². The molecule has 0 spiro atoms. The summed E-state index contributed by atoms with van der Waals surface area (Å²) in [5.74, 6) is -2.71. The van der Waals surface area contributed by atoms with E-state index < -0.39 is 17.7 Å². The van der Waals surface area contributed by atoms with Crippen molar-refractivity contribution in [2.75, 3.05) is 6.54 Å². The Hall–Kier alpha value is -2.74. The van der Waals surface area contributed by atoms with Crippen LogP contribution in [0.15, 0.2) is 24.3 Å². The molecule has 4 N–H and O–H groups in total. The first kappa shape index (κ1) is 23.3. The van der Waals surface area contributed by atoms with Gasteiger partial charge in [-0.3, -0.25) is 14.4 Å². The van der Waals surface area contributed by atoms with Gasteiger partial charge in [0.1, 0.15) is 0 Å². The van der Waals surface area contributed by atoms with Gasteiger partial charge < -0.3 is 25.9 Å². The van der Waals surface area contributed by atoms with Gasteiger partial charge in [-0.1, -0.05) is 24.3 Å². The molecular formula is C20H29N3O5. The van der Waals surface area contributed by atoms with E-state index in [0.717, 1.165) is 19.4 Å². The van der Waals surface area contributed by atoms with E-state index in [4.69, 9.17) is 5.73 Å². The molecule has 0 aromatic heterocycles. The number of rotatable bonds is 6. The highest BCUT2D eigenvalue weighted by atomic mass is 16.4. The van der Waals surface area contributed by atoms with Gasteiger partial charge in [0.05, 0.1) is 12.5 Å². The molecule has 0 radical (unpaired) electrons. The van der Waals surface area contributed by atoms with E-state index in [-0.39, 0.29) is 35.2 Å². The lowest BCUT2D eigenvalue weighted by Gasteiger charge is -2.30. The number of benzene rings is 1. The highest BCUT2D eigenvalue weighted by Crippen LogP contribution is 2.11. The van der Waals surface area contributed by atoms with Crippen LogP contribution in [0.4, 0.5) is 0 Å². The van der Waals surface area contributed by atoms with Crippen molar-refractivity contribution in [1.29, 1.82) is 0 Å². The van der Waals surface area contributed by atoms with E-state index in [1.807, 2.05) is 33.0 Å². The summed E-state index contributed by atoms with van der Waals surface area (Å²) in [6.07, 6.45) is 2.10. The normalized spacial score (nSPS) is 15.7. The molecule has 1 aromatic carbocycles. The Morgan fingerprint density at radius 1 is 1.04 bits per heavy atom. The first-order valence-electron chi connectivity index (χ1n) is 9.37. The monoisotopic (exact) mass is 391 g/mol. The average molecular weight is 391 g/mol. The summed E-state index contributed by atoms with van der Waals surface area (Å²) in [5, 5.41) is 12.6. The minimum atomic E-state index is -1.32. The summed E-state index contributed by atoms with van der Waals surface area (Å²) in [6.45, 7) is 8.41. The Morgan fingerprint density at radius 3 is 1.86 bits per heavy atom. The predicted molar refractivity (Wildman–Crippen MR) is 101 cm³/mol. The lowest BCUT2D eigenvalue weighted by Crippen LogP contribution is -2.89. The molecule has 1 aromatic rings. The number of aromatic carboxylic acids is 1. The number of carboxylic acids is 1. The number of primary amides is 1. The van der Waals surface area contributed by atoms with E-state index in [0.29, 0.717) is 0 Å². The lowest BCUT2D eigenvalue weighted by atomic mass is 10.1. The fourth-order valence-electron chi connectivity index (χ4n) is 3.10. The van der Waals surface area contributed by atoms with Gasteiger partial charge in [0.15, 0.2) is 6.04 Å². The maximum absolute atomic E-state index is 12.2. The minimum Gasteiger partial charge on any atom is -0.545 e. The van der Waals surface area contributed by atoms with Crippen molar-refractivity contribution in [2.24, 2.45) is 5.73 Å².